The maximum atomic E-state index is 12.7. The largest absolute Gasteiger partial charge is 0.450 e. The van der Waals surface area contributed by atoms with Crippen LogP contribution in [0.2, 0.25) is 0 Å². The van der Waals surface area contributed by atoms with Crippen LogP contribution in [0.4, 0.5) is 10.6 Å². The molecule has 7 nitrogen and oxygen atoms in total. The van der Waals surface area contributed by atoms with Crippen molar-refractivity contribution >= 4 is 17.8 Å². The van der Waals surface area contributed by atoms with Crippen molar-refractivity contribution in [1.82, 2.24) is 14.8 Å². The smallest absolute Gasteiger partial charge is 0.409 e. The van der Waals surface area contributed by atoms with Crippen molar-refractivity contribution in [2.75, 3.05) is 38.1 Å². The number of carbonyl (C=O) groups is 2. The zero-order chi connectivity index (χ0) is 19.9. The molecule has 148 valence electrons. The monoisotopic (exact) mass is 382 g/mol. The molecule has 0 bridgehead atoms. The van der Waals surface area contributed by atoms with Crippen molar-refractivity contribution in [3.63, 3.8) is 0 Å². The van der Waals surface area contributed by atoms with E-state index in [-0.39, 0.29) is 12.0 Å². The van der Waals surface area contributed by atoms with E-state index in [0.29, 0.717) is 44.9 Å². The summed E-state index contributed by atoms with van der Waals surface area (Å²) in [6.07, 6.45) is 1.28. The van der Waals surface area contributed by atoms with E-state index in [1.54, 1.807) is 29.0 Å². The number of rotatable bonds is 5. The van der Waals surface area contributed by atoms with Crippen LogP contribution < -0.4 is 5.32 Å². The Balaban J connectivity index is 1.51. The summed E-state index contributed by atoms with van der Waals surface area (Å²) in [6.45, 7) is 6.82. The number of aryl methyl sites for hydroxylation is 1. The van der Waals surface area contributed by atoms with E-state index < -0.39 is 0 Å². The molecule has 1 aromatic carbocycles. The lowest BCUT2D eigenvalue weighted by molar-refractivity contribution is 0.0570. The molecule has 0 spiro atoms. The van der Waals surface area contributed by atoms with Gasteiger partial charge in [0.05, 0.1) is 12.2 Å². The number of pyridine rings is 1. The Morgan fingerprint density at radius 3 is 2.32 bits per heavy atom. The number of nitrogens with zero attached hydrogens (tertiary/aromatic N) is 3. The third-order valence-electron chi connectivity index (χ3n) is 4.70. The molecule has 28 heavy (non-hydrogen) atoms. The fourth-order valence-corrected chi connectivity index (χ4v) is 3.01. The van der Waals surface area contributed by atoms with Gasteiger partial charge in [-0.3, -0.25) is 4.79 Å². The second-order valence-electron chi connectivity index (χ2n) is 6.75. The molecule has 3 rings (SSSR count). The number of nitrogens with one attached hydrogen (secondary N) is 1. The Labute approximate surface area is 165 Å². The summed E-state index contributed by atoms with van der Waals surface area (Å²) < 4.78 is 5.00. The van der Waals surface area contributed by atoms with Crippen LogP contribution in [0.1, 0.15) is 28.4 Å². The highest BCUT2D eigenvalue weighted by Gasteiger charge is 2.25. The average Bonchev–Trinajstić information content (AvgIpc) is 2.73. The molecule has 0 saturated carbocycles. The Morgan fingerprint density at radius 1 is 1.04 bits per heavy atom. The lowest BCUT2D eigenvalue weighted by atomic mass is 10.1. The number of hydrogen-bond donors (Lipinski definition) is 1. The third kappa shape index (κ3) is 5.00. The fourth-order valence-electron chi connectivity index (χ4n) is 3.01. The zero-order valence-electron chi connectivity index (χ0n) is 16.4. The van der Waals surface area contributed by atoms with Gasteiger partial charge in [-0.05, 0) is 31.5 Å². The van der Waals surface area contributed by atoms with Gasteiger partial charge in [-0.25, -0.2) is 9.78 Å². The van der Waals surface area contributed by atoms with Gasteiger partial charge in [0.2, 0.25) is 0 Å². The first-order chi connectivity index (χ1) is 13.6. The number of aromatic nitrogens is 1. The van der Waals surface area contributed by atoms with E-state index in [4.69, 9.17) is 4.74 Å². The first-order valence-corrected chi connectivity index (χ1v) is 9.53. The normalized spacial score (nSPS) is 13.9. The molecule has 1 aliphatic rings. The number of amides is 2. The number of hydrogen-bond acceptors (Lipinski definition) is 5. The maximum Gasteiger partial charge on any atom is 0.409 e. The van der Waals surface area contributed by atoms with Crippen LogP contribution in [0.3, 0.4) is 0 Å². The first kappa shape index (κ1) is 19.7. The summed E-state index contributed by atoms with van der Waals surface area (Å²) >= 11 is 0. The molecule has 0 unspecified atom stereocenters. The van der Waals surface area contributed by atoms with Crippen molar-refractivity contribution < 1.29 is 14.3 Å². The van der Waals surface area contributed by atoms with Gasteiger partial charge in [0.1, 0.15) is 5.82 Å². The molecular formula is C21H26N4O3. The standard InChI is InChI=1S/C21H26N4O3/c1-3-28-21(27)25-12-10-24(11-13-25)20(26)18-8-9-19(23-15-18)22-14-17-6-4-16(2)5-7-17/h4-9,15H,3,10-14H2,1-2H3,(H,22,23). The molecule has 1 saturated heterocycles. The van der Waals surface area contributed by atoms with Crippen LogP contribution in [-0.2, 0) is 11.3 Å². The summed E-state index contributed by atoms with van der Waals surface area (Å²) in [5.41, 5.74) is 2.95. The molecule has 1 aliphatic heterocycles. The number of benzene rings is 1. The Kier molecular flexibility index (Phi) is 6.47. The van der Waals surface area contributed by atoms with Gasteiger partial charge in [-0.15, -0.1) is 0 Å². The van der Waals surface area contributed by atoms with Crippen LogP contribution in [-0.4, -0.2) is 59.6 Å². The molecule has 2 heterocycles. The first-order valence-electron chi connectivity index (χ1n) is 9.53. The second-order valence-corrected chi connectivity index (χ2v) is 6.75. The zero-order valence-corrected chi connectivity index (χ0v) is 16.4. The molecule has 7 heteroatoms. The predicted octanol–water partition coefficient (Wildman–Crippen LogP) is 2.92. The van der Waals surface area contributed by atoms with Crippen molar-refractivity contribution in [3.05, 3.63) is 59.3 Å². The number of piperazine rings is 1. The van der Waals surface area contributed by atoms with Crippen molar-refractivity contribution in [1.29, 1.82) is 0 Å². The van der Waals surface area contributed by atoms with Crippen molar-refractivity contribution in [3.8, 4) is 0 Å². The summed E-state index contributed by atoms with van der Waals surface area (Å²) in [6, 6.07) is 11.9. The number of anilines is 1. The summed E-state index contributed by atoms with van der Waals surface area (Å²) in [4.78, 5) is 32.1. The molecule has 2 amide bonds. The highest BCUT2D eigenvalue weighted by Crippen LogP contribution is 2.12. The minimum absolute atomic E-state index is 0.0684. The third-order valence-corrected chi connectivity index (χ3v) is 4.70. The molecule has 2 aromatic rings. The molecule has 0 atom stereocenters. The quantitative estimate of drug-likeness (QED) is 0.861. The van der Waals surface area contributed by atoms with Crippen LogP contribution in [0.15, 0.2) is 42.6 Å². The lowest BCUT2D eigenvalue weighted by Gasteiger charge is -2.34. The highest BCUT2D eigenvalue weighted by atomic mass is 16.6. The van der Waals surface area contributed by atoms with Crippen LogP contribution in [0, 0.1) is 6.92 Å². The summed E-state index contributed by atoms with van der Waals surface area (Å²) in [7, 11) is 0. The van der Waals surface area contributed by atoms with Gasteiger partial charge in [-0.1, -0.05) is 29.8 Å². The molecule has 1 fully saturated rings. The van der Waals surface area contributed by atoms with E-state index in [0.717, 1.165) is 5.82 Å². The van der Waals surface area contributed by atoms with E-state index >= 15 is 0 Å². The van der Waals surface area contributed by atoms with Gasteiger partial charge in [0.15, 0.2) is 0 Å². The van der Waals surface area contributed by atoms with Crippen molar-refractivity contribution in [2.45, 2.75) is 20.4 Å². The van der Waals surface area contributed by atoms with Gasteiger partial charge in [-0.2, -0.15) is 0 Å². The van der Waals surface area contributed by atoms with E-state index in [1.807, 2.05) is 6.07 Å². The lowest BCUT2D eigenvalue weighted by Crippen LogP contribution is -2.50. The van der Waals surface area contributed by atoms with Crippen LogP contribution in [0.25, 0.3) is 0 Å². The Hall–Kier alpha value is -3.09. The Morgan fingerprint density at radius 2 is 1.71 bits per heavy atom. The van der Waals surface area contributed by atoms with E-state index in [1.165, 1.54) is 11.1 Å². The minimum Gasteiger partial charge on any atom is -0.450 e. The molecule has 0 radical (unpaired) electrons. The Bertz CT molecular complexity index is 797. The van der Waals surface area contributed by atoms with Crippen LogP contribution >= 0.6 is 0 Å². The number of ether oxygens (including phenoxy) is 1. The van der Waals surface area contributed by atoms with Crippen LogP contribution in [0.5, 0.6) is 0 Å². The molecule has 0 aliphatic carbocycles. The van der Waals surface area contributed by atoms with Gasteiger partial charge in [0.25, 0.3) is 5.91 Å². The van der Waals surface area contributed by atoms with Gasteiger partial charge in [0, 0.05) is 38.9 Å². The molecular weight excluding hydrogens is 356 g/mol. The predicted molar refractivity (Wildman–Crippen MR) is 107 cm³/mol. The SMILES string of the molecule is CCOC(=O)N1CCN(C(=O)c2ccc(NCc3ccc(C)cc3)nc2)CC1. The topological polar surface area (TPSA) is 74.8 Å². The highest BCUT2D eigenvalue weighted by molar-refractivity contribution is 5.94. The maximum absolute atomic E-state index is 12.7. The van der Waals surface area contributed by atoms with Crippen molar-refractivity contribution in [2.24, 2.45) is 0 Å². The fraction of sp³-hybridized carbons (Fsp3) is 0.381. The second kappa shape index (κ2) is 9.21. The van der Waals surface area contributed by atoms with E-state index in [2.05, 4.69) is 41.5 Å². The minimum atomic E-state index is -0.319. The summed E-state index contributed by atoms with van der Waals surface area (Å²) in [5.74, 6) is 0.658. The van der Waals surface area contributed by atoms with Gasteiger partial charge >= 0.3 is 6.09 Å². The molecule has 1 N–H and O–H groups in total. The molecule has 1 aromatic heterocycles. The van der Waals surface area contributed by atoms with Gasteiger partial charge < -0.3 is 19.9 Å². The van der Waals surface area contributed by atoms with E-state index in [9.17, 15) is 9.59 Å². The number of carbonyl (C=O) groups excluding carboxylic acids is 2. The average molecular weight is 382 g/mol. The summed E-state index contributed by atoms with van der Waals surface area (Å²) in [5, 5.41) is 3.26.